The highest BCUT2D eigenvalue weighted by molar-refractivity contribution is 5.66. The third-order valence-corrected chi connectivity index (χ3v) is 3.07. The maximum Gasteiger partial charge on any atom is 0.123 e. The molecule has 1 saturated carbocycles. The van der Waals surface area contributed by atoms with Gasteiger partial charge in [-0.2, -0.15) is 5.10 Å². The molecule has 3 rings (SSSR count). The van der Waals surface area contributed by atoms with Gasteiger partial charge in [-0.25, -0.2) is 4.52 Å². The second-order valence-electron chi connectivity index (χ2n) is 4.22. The molecule has 0 aliphatic heterocycles. The van der Waals surface area contributed by atoms with Gasteiger partial charge in [0.25, 0.3) is 0 Å². The molecule has 2 aromatic rings. The monoisotopic (exact) mass is 200 g/mol. The van der Waals surface area contributed by atoms with Gasteiger partial charge in [-0.15, -0.1) is 0 Å². The number of fused-ring (bicyclic) bond motifs is 1. The Balaban J connectivity index is 2.14. The summed E-state index contributed by atoms with van der Waals surface area (Å²) in [5.74, 6) is 0.647. The first-order valence-corrected chi connectivity index (χ1v) is 5.20. The Morgan fingerprint density at radius 3 is 3.20 bits per heavy atom. The Kier molecular flexibility index (Phi) is 1.69. The largest absolute Gasteiger partial charge is 0.303 e. The zero-order valence-corrected chi connectivity index (χ0v) is 8.55. The summed E-state index contributed by atoms with van der Waals surface area (Å²) in [7, 11) is 0. The van der Waals surface area contributed by atoms with Crippen molar-refractivity contribution in [2.75, 3.05) is 0 Å². The average Bonchev–Trinajstić information content (AvgIpc) is 2.91. The van der Waals surface area contributed by atoms with E-state index in [4.69, 9.17) is 0 Å². The SMILES string of the molecule is Cc1cc2c([C@@H]3C[C@H]3C=O)cccn2n1. The molecule has 0 spiro atoms. The first-order chi connectivity index (χ1) is 7.29. The minimum atomic E-state index is 0.228. The summed E-state index contributed by atoms with van der Waals surface area (Å²) < 4.78 is 1.89. The molecule has 15 heavy (non-hydrogen) atoms. The van der Waals surface area contributed by atoms with E-state index >= 15 is 0 Å². The van der Waals surface area contributed by atoms with Crippen molar-refractivity contribution in [3.63, 3.8) is 0 Å². The summed E-state index contributed by atoms with van der Waals surface area (Å²) in [6, 6.07) is 6.18. The van der Waals surface area contributed by atoms with Crippen LogP contribution in [0.15, 0.2) is 24.4 Å². The van der Waals surface area contributed by atoms with Crippen molar-refractivity contribution in [1.82, 2.24) is 9.61 Å². The van der Waals surface area contributed by atoms with Crippen LogP contribution in [0, 0.1) is 12.8 Å². The molecule has 0 amide bonds. The maximum atomic E-state index is 10.7. The Bertz CT molecular complexity index is 529. The van der Waals surface area contributed by atoms with Crippen molar-refractivity contribution in [2.45, 2.75) is 19.3 Å². The Hall–Kier alpha value is -1.64. The van der Waals surface area contributed by atoms with E-state index in [1.165, 1.54) is 5.56 Å². The molecule has 2 heterocycles. The Morgan fingerprint density at radius 2 is 2.47 bits per heavy atom. The first kappa shape index (κ1) is 8.65. The van der Waals surface area contributed by atoms with E-state index < -0.39 is 0 Å². The zero-order valence-electron chi connectivity index (χ0n) is 8.55. The molecule has 0 N–H and O–H groups in total. The minimum Gasteiger partial charge on any atom is -0.303 e. The van der Waals surface area contributed by atoms with Gasteiger partial charge in [-0.1, -0.05) is 6.07 Å². The number of carbonyl (C=O) groups is 1. The minimum absolute atomic E-state index is 0.228. The molecule has 1 aliphatic carbocycles. The van der Waals surface area contributed by atoms with Crippen LogP contribution < -0.4 is 0 Å². The first-order valence-electron chi connectivity index (χ1n) is 5.20. The topological polar surface area (TPSA) is 34.4 Å². The van der Waals surface area contributed by atoms with Crippen LogP contribution in [0.1, 0.15) is 23.6 Å². The molecule has 0 bridgehead atoms. The summed E-state index contributed by atoms with van der Waals surface area (Å²) in [5, 5.41) is 4.36. The second-order valence-corrected chi connectivity index (χ2v) is 4.22. The lowest BCUT2D eigenvalue weighted by Crippen LogP contribution is -1.92. The summed E-state index contributed by atoms with van der Waals surface area (Å²) >= 11 is 0. The fraction of sp³-hybridized carbons (Fsp3) is 0.333. The van der Waals surface area contributed by atoms with E-state index in [1.807, 2.05) is 23.7 Å². The summed E-state index contributed by atoms with van der Waals surface area (Å²) in [5.41, 5.74) is 3.42. The van der Waals surface area contributed by atoms with Crippen molar-refractivity contribution in [3.8, 4) is 0 Å². The van der Waals surface area contributed by atoms with Crippen LogP contribution in [-0.2, 0) is 4.79 Å². The van der Waals surface area contributed by atoms with Crippen molar-refractivity contribution < 1.29 is 4.79 Å². The van der Waals surface area contributed by atoms with Gasteiger partial charge in [0.15, 0.2) is 0 Å². The van der Waals surface area contributed by atoms with Crippen LogP contribution in [0.2, 0.25) is 0 Å². The van der Waals surface area contributed by atoms with Crippen LogP contribution in [0.5, 0.6) is 0 Å². The van der Waals surface area contributed by atoms with Gasteiger partial charge >= 0.3 is 0 Å². The molecular formula is C12H12N2O. The van der Waals surface area contributed by atoms with Gasteiger partial charge in [0.2, 0.25) is 0 Å². The number of hydrogen-bond acceptors (Lipinski definition) is 2. The third-order valence-electron chi connectivity index (χ3n) is 3.07. The predicted molar refractivity (Wildman–Crippen MR) is 56.8 cm³/mol. The number of aryl methyl sites for hydroxylation is 1. The lowest BCUT2D eigenvalue weighted by molar-refractivity contribution is -0.108. The molecule has 1 fully saturated rings. The summed E-state index contributed by atoms with van der Waals surface area (Å²) in [4.78, 5) is 10.7. The van der Waals surface area contributed by atoms with Crippen LogP contribution in [0.4, 0.5) is 0 Å². The third kappa shape index (κ3) is 1.27. The Labute approximate surface area is 87.7 Å². The van der Waals surface area contributed by atoms with Crippen LogP contribution >= 0.6 is 0 Å². The molecule has 3 heteroatoms. The van der Waals surface area contributed by atoms with Crippen molar-refractivity contribution in [2.24, 2.45) is 5.92 Å². The average molecular weight is 200 g/mol. The lowest BCUT2D eigenvalue weighted by Gasteiger charge is -2.00. The van der Waals surface area contributed by atoms with E-state index in [2.05, 4.69) is 17.2 Å². The normalized spacial score (nSPS) is 24.3. The molecule has 2 aromatic heterocycles. The standard InChI is InChI=1S/C12H12N2O/c1-8-5-12-10(11-6-9(11)7-15)3-2-4-14(12)13-8/h2-5,7,9,11H,6H2,1H3/t9-,11+/m0/s1. The maximum absolute atomic E-state index is 10.7. The van der Waals surface area contributed by atoms with E-state index in [0.717, 1.165) is 23.9 Å². The van der Waals surface area contributed by atoms with E-state index in [1.54, 1.807) is 0 Å². The summed E-state index contributed by atoms with van der Waals surface area (Å²) in [6.45, 7) is 1.99. The number of hydrogen-bond donors (Lipinski definition) is 0. The molecular weight excluding hydrogens is 188 g/mol. The molecule has 3 nitrogen and oxygen atoms in total. The van der Waals surface area contributed by atoms with Gasteiger partial charge in [-0.3, -0.25) is 0 Å². The van der Waals surface area contributed by atoms with E-state index in [0.29, 0.717) is 5.92 Å². The van der Waals surface area contributed by atoms with Crippen LogP contribution in [0.25, 0.3) is 5.52 Å². The number of rotatable bonds is 2. The molecule has 0 radical (unpaired) electrons. The van der Waals surface area contributed by atoms with Gasteiger partial charge in [0.05, 0.1) is 11.2 Å². The number of aromatic nitrogens is 2. The lowest BCUT2D eigenvalue weighted by atomic mass is 10.1. The summed E-state index contributed by atoms with van der Waals surface area (Å²) in [6.07, 6.45) is 4.01. The zero-order chi connectivity index (χ0) is 10.4. The molecule has 2 atom stereocenters. The van der Waals surface area contributed by atoms with Gasteiger partial charge < -0.3 is 4.79 Å². The molecule has 76 valence electrons. The van der Waals surface area contributed by atoms with Gasteiger partial charge in [-0.05, 0) is 37.0 Å². The van der Waals surface area contributed by atoms with E-state index in [-0.39, 0.29) is 5.92 Å². The van der Waals surface area contributed by atoms with Crippen LogP contribution in [-0.4, -0.2) is 15.9 Å². The second kappa shape index (κ2) is 2.92. The Morgan fingerprint density at radius 1 is 1.60 bits per heavy atom. The fourth-order valence-electron chi connectivity index (χ4n) is 2.20. The molecule has 0 aromatic carbocycles. The van der Waals surface area contributed by atoms with Gasteiger partial charge in [0, 0.05) is 12.1 Å². The number of aldehydes is 1. The number of nitrogens with zero attached hydrogens (tertiary/aromatic N) is 2. The van der Waals surface area contributed by atoms with E-state index in [9.17, 15) is 4.79 Å². The van der Waals surface area contributed by atoms with Crippen molar-refractivity contribution >= 4 is 11.8 Å². The molecule has 1 aliphatic rings. The van der Waals surface area contributed by atoms with Crippen LogP contribution in [0.3, 0.4) is 0 Å². The van der Waals surface area contributed by atoms with Crippen molar-refractivity contribution in [3.05, 3.63) is 35.7 Å². The van der Waals surface area contributed by atoms with Gasteiger partial charge in [0.1, 0.15) is 6.29 Å². The highest BCUT2D eigenvalue weighted by atomic mass is 16.1. The number of carbonyl (C=O) groups excluding carboxylic acids is 1. The number of pyridine rings is 1. The molecule has 0 saturated heterocycles. The van der Waals surface area contributed by atoms with Crippen molar-refractivity contribution in [1.29, 1.82) is 0 Å². The highest BCUT2D eigenvalue weighted by Gasteiger charge is 2.39. The highest BCUT2D eigenvalue weighted by Crippen LogP contribution is 2.47. The molecule has 0 unspecified atom stereocenters. The quantitative estimate of drug-likeness (QED) is 0.694. The predicted octanol–water partition coefficient (Wildman–Crippen LogP) is 1.95. The fourth-order valence-corrected chi connectivity index (χ4v) is 2.20. The smallest absolute Gasteiger partial charge is 0.123 e.